The second-order valence-corrected chi connectivity index (χ2v) is 6.63. The number of benzene rings is 1. The molecule has 1 amide bonds. The average Bonchev–Trinajstić information content (AvgIpc) is 2.28. The van der Waals surface area contributed by atoms with E-state index in [2.05, 4.69) is 10.6 Å². The Kier molecular flexibility index (Phi) is 6.10. The van der Waals surface area contributed by atoms with Gasteiger partial charge in [-0.3, -0.25) is 4.79 Å². The van der Waals surface area contributed by atoms with Crippen LogP contribution in [0.4, 0.5) is 18.9 Å². The van der Waals surface area contributed by atoms with Crippen molar-refractivity contribution in [2.75, 3.05) is 11.9 Å². The van der Waals surface area contributed by atoms with E-state index < -0.39 is 5.51 Å². The number of rotatable bonds is 5. The molecule has 0 fully saturated rings. The Bertz CT molecular complexity index is 484. The molecule has 0 aliphatic rings. The Morgan fingerprint density at radius 1 is 1.19 bits per heavy atom. The molecule has 0 unspecified atom stereocenters. The first-order valence-electron chi connectivity index (χ1n) is 6.46. The molecule has 7 heteroatoms. The molecule has 0 saturated carbocycles. The number of hydrogen-bond donors (Lipinski definition) is 2. The highest BCUT2D eigenvalue weighted by Crippen LogP contribution is 2.40. The largest absolute Gasteiger partial charge is 0.446 e. The van der Waals surface area contributed by atoms with E-state index in [0.717, 1.165) is 0 Å². The highest BCUT2D eigenvalue weighted by atomic mass is 32.2. The van der Waals surface area contributed by atoms with E-state index in [-0.39, 0.29) is 40.2 Å². The van der Waals surface area contributed by atoms with Crippen molar-refractivity contribution in [3.63, 3.8) is 0 Å². The van der Waals surface area contributed by atoms with Crippen LogP contribution in [0.2, 0.25) is 0 Å². The standard InChI is InChI=1S/C14H19F3N2OS/c1-13(2,3)18-9-8-12(20)19-10-6-4-5-7-11(10)21-14(15,16)17/h4-7,18H,8-9H2,1-3H3,(H,19,20). The van der Waals surface area contributed by atoms with Gasteiger partial charge in [-0.2, -0.15) is 13.2 Å². The Labute approximate surface area is 126 Å². The normalized spacial score (nSPS) is 12.3. The van der Waals surface area contributed by atoms with Crippen LogP contribution in [0.25, 0.3) is 0 Å². The summed E-state index contributed by atoms with van der Waals surface area (Å²) < 4.78 is 37.3. The van der Waals surface area contributed by atoms with Gasteiger partial charge in [0.15, 0.2) is 0 Å². The van der Waals surface area contributed by atoms with Crippen LogP contribution in [0, 0.1) is 0 Å². The molecule has 1 aromatic carbocycles. The summed E-state index contributed by atoms with van der Waals surface area (Å²) in [5.74, 6) is -0.318. The van der Waals surface area contributed by atoms with Crippen molar-refractivity contribution < 1.29 is 18.0 Å². The summed E-state index contributed by atoms with van der Waals surface area (Å²) in [6.45, 7) is 6.38. The molecule has 0 aromatic heterocycles. The summed E-state index contributed by atoms with van der Waals surface area (Å²) in [7, 11) is 0. The zero-order chi connectivity index (χ0) is 16.1. The third-order valence-corrected chi connectivity index (χ3v) is 3.20. The first-order valence-corrected chi connectivity index (χ1v) is 7.28. The van der Waals surface area contributed by atoms with Gasteiger partial charge in [-0.15, -0.1) is 0 Å². The molecule has 1 rings (SSSR count). The molecular weight excluding hydrogens is 301 g/mol. The maximum atomic E-state index is 12.4. The first kappa shape index (κ1) is 17.8. The van der Waals surface area contributed by atoms with Gasteiger partial charge in [0.05, 0.1) is 5.69 Å². The van der Waals surface area contributed by atoms with E-state index in [1.807, 2.05) is 20.8 Å². The van der Waals surface area contributed by atoms with Gasteiger partial charge in [-0.1, -0.05) is 12.1 Å². The van der Waals surface area contributed by atoms with Gasteiger partial charge < -0.3 is 10.6 Å². The monoisotopic (exact) mass is 320 g/mol. The lowest BCUT2D eigenvalue weighted by Crippen LogP contribution is -2.37. The van der Waals surface area contributed by atoms with Crippen LogP contribution in [0.1, 0.15) is 27.2 Å². The molecule has 118 valence electrons. The predicted octanol–water partition coefficient (Wildman–Crippen LogP) is 4.02. The van der Waals surface area contributed by atoms with Crippen molar-refractivity contribution in [3.05, 3.63) is 24.3 Å². The van der Waals surface area contributed by atoms with Gasteiger partial charge in [-0.05, 0) is 44.7 Å². The summed E-state index contributed by atoms with van der Waals surface area (Å²) in [6, 6.07) is 5.89. The van der Waals surface area contributed by atoms with Gasteiger partial charge in [0, 0.05) is 23.4 Å². The summed E-state index contributed by atoms with van der Waals surface area (Å²) in [5, 5.41) is 5.66. The number of nitrogens with one attached hydrogen (secondary N) is 2. The van der Waals surface area contributed by atoms with Crippen LogP contribution in [-0.2, 0) is 4.79 Å². The van der Waals surface area contributed by atoms with Crippen molar-refractivity contribution in [2.24, 2.45) is 0 Å². The van der Waals surface area contributed by atoms with Gasteiger partial charge in [0.25, 0.3) is 0 Å². The van der Waals surface area contributed by atoms with Crippen LogP contribution < -0.4 is 10.6 Å². The Hall–Kier alpha value is -1.21. The zero-order valence-electron chi connectivity index (χ0n) is 12.2. The van der Waals surface area contributed by atoms with Crippen molar-refractivity contribution in [3.8, 4) is 0 Å². The molecule has 0 radical (unpaired) electrons. The number of carbonyl (C=O) groups is 1. The lowest BCUT2D eigenvalue weighted by Gasteiger charge is -2.20. The number of carbonyl (C=O) groups excluding carboxylic acids is 1. The molecule has 1 aromatic rings. The molecule has 0 aliphatic carbocycles. The van der Waals surface area contributed by atoms with Crippen molar-refractivity contribution in [1.82, 2.24) is 5.32 Å². The zero-order valence-corrected chi connectivity index (χ0v) is 13.0. The summed E-state index contributed by atoms with van der Waals surface area (Å²) >= 11 is -0.233. The van der Waals surface area contributed by atoms with E-state index in [9.17, 15) is 18.0 Å². The van der Waals surface area contributed by atoms with Crippen molar-refractivity contribution >= 4 is 23.4 Å². The first-order chi connectivity index (χ1) is 9.57. The fourth-order valence-corrected chi connectivity index (χ4v) is 2.17. The Morgan fingerprint density at radius 3 is 2.38 bits per heavy atom. The van der Waals surface area contributed by atoms with E-state index in [0.29, 0.717) is 6.54 Å². The summed E-state index contributed by atoms with van der Waals surface area (Å²) in [6.07, 6.45) is 0.197. The van der Waals surface area contributed by atoms with E-state index in [1.54, 1.807) is 6.07 Å². The average molecular weight is 320 g/mol. The minimum absolute atomic E-state index is 0.0119. The number of anilines is 1. The lowest BCUT2D eigenvalue weighted by atomic mass is 10.1. The SMILES string of the molecule is CC(C)(C)NCCC(=O)Nc1ccccc1SC(F)(F)F. The minimum Gasteiger partial charge on any atom is -0.325 e. The second kappa shape index (κ2) is 7.17. The number of amides is 1. The van der Waals surface area contributed by atoms with Crippen LogP contribution >= 0.6 is 11.8 Å². The molecule has 0 heterocycles. The lowest BCUT2D eigenvalue weighted by molar-refractivity contribution is -0.116. The molecule has 2 N–H and O–H groups in total. The fraction of sp³-hybridized carbons (Fsp3) is 0.500. The third kappa shape index (κ3) is 7.96. The second-order valence-electron chi connectivity index (χ2n) is 5.52. The maximum Gasteiger partial charge on any atom is 0.446 e. The molecule has 3 nitrogen and oxygen atoms in total. The molecular formula is C14H19F3N2OS. The molecule has 0 bridgehead atoms. The number of thioether (sulfide) groups is 1. The number of para-hydroxylation sites is 1. The van der Waals surface area contributed by atoms with Crippen molar-refractivity contribution in [1.29, 1.82) is 0 Å². The molecule has 21 heavy (non-hydrogen) atoms. The highest BCUT2D eigenvalue weighted by molar-refractivity contribution is 8.00. The quantitative estimate of drug-likeness (QED) is 0.805. The van der Waals surface area contributed by atoms with E-state index in [1.165, 1.54) is 18.2 Å². The summed E-state index contributed by atoms with van der Waals surface area (Å²) in [4.78, 5) is 11.8. The molecule has 0 aliphatic heterocycles. The topological polar surface area (TPSA) is 41.1 Å². The smallest absolute Gasteiger partial charge is 0.325 e. The molecule has 0 atom stereocenters. The van der Waals surface area contributed by atoms with Gasteiger partial charge in [0.1, 0.15) is 0 Å². The van der Waals surface area contributed by atoms with E-state index in [4.69, 9.17) is 0 Å². The highest BCUT2D eigenvalue weighted by Gasteiger charge is 2.30. The van der Waals surface area contributed by atoms with Crippen molar-refractivity contribution in [2.45, 2.75) is 43.1 Å². The van der Waals surface area contributed by atoms with Crippen LogP contribution in [0.15, 0.2) is 29.2 Å². The number of alkyl halides is 3. The van der Waals surface area contributed by atoms with Crippen LogP contribution in [0.5, 0.6) is 0 Å². The number of hydrogen-bond acceptors (Lipinski definition) is 3. The van der Waals surface area contributed by atoms with E-state index >= 15 is 0 Å². The fourth-order valence-electron chi connectivity index (χ4n) is 1.55. The Balaban J connectivity index is 2.60. The number of halogens is 3. The third-order valence-electron chi connectivity index (χ3n) is 2.39. The van der Waals surface area contributed by atoms with Gasteiger partial charge in [-0.25, -0.2) is 0 Å². The minimum atomic E-state index is -4.38. The van der Waals surface area contributed by atoms with Gasteiger partial charge >= 0.3 is 5.51 Å². The Morgan fingerprint density at radius 2 is 1.81 bits per heavy atom. The van der Waals surface area contributed by atoms with Crippen LogP contribution in [0.3, 0.4) is 0 Å². The summed E-state index contributed by atoms with van der Waals surface area (Å²) in [5.41, 5.74) is -4.31. The molecule has 0 spiro atoms. The predicted molar refractivity (Wildman–Crippen MR) is 79.4 cm³/mol. The van der Waals surface area contributed by atoms with Gasteiger partial charge in [0.2, 0.25) is 5.91 Å². The maximum absolute atomic E-state index is 12.4. The molecule has 0 saturated heterocycles. The van der Waals surface area contributed by atoms with Crippen LogP contribution in [-0.4, -0.2) is 23.5 Å².